The summed E-state index contributed by atoms with van der Waals surface area (Å²) in [7, 11) is -2.90. The first-order valence-corrected chi connectivity index (χ1v) is 45.4. The Morgan fingerprint density at radius 3 is 0.787 bits per heavy atom. The number of benzene rings is 17. The van der Waals surface area contributed by atoms with Crippen LogP contribution in [0.3, 0.4) is 0 Å². The van der Waals surface area contributed by atoms with E-state index in [-0.39, 0.29) is 28.4 Å². The first kappa shape index (κ1) is 78.5. The highest BCUT2D eigenvalue weighted by atomic mass is 28.3. The first-order valence-electron chi connectivity index (χ1n) is 43.4. The zero-order chi connectivity index (χ0) is 83.8. The van der Waals surface area contributed by atoms with Gasteiger partial charge in [-0.2, -0.15) is 0 Å². The largest absolute Gasteiger partial charge is 0.310 e. The van der Waals surface area contributed by atoms with Crippen LogP contribution in [0.4, 0.5) is 34.1 Å². The molecule has 2 aliphatic rings. The van der Waals surface area contributed by atoms with Gasteiger partial charge in [0.1, 0.15) is 0 Å². The second kappa shape index (κ2) is 31.3. The van der Waals surface area contributed by atoms with Crippen molar-refractivity contribution in [1.82, 2.24) is 0 Å². The fourth-order valence-corrected chi connectivity index (χ4v) is 23.8. The number of nitrogens with zero attached hydrogens (tertiary/aromatic N) is 2. The molecule has 0 radical (unpaired) electrons. The second-order valence-corrected chi connectivity index (χ2v) is 41.4. The van der Waals surface area contributed by atoms with Crippen LogP contribution in [0.25, 0.3) is 100 Å². The average molecular weight is 1590 g/mol. The third kappa shape index (κ3) is 14.5. The van der Waals surface area contributed by atoms with E-state index in [0.717, 1.165) is 95.2 Å². The Balaban J connectivity index is 0.964. The number of fused-ring (bicyclic) bond motifs is 4. The van der Waals surface area contributed by atoms with Crippen LogP contribution >= 0.6 is 0 Å². The summed E-state index contributed by atoms with van der Waals surface area (Å²) in [5.41, 5.74) is 35.3. The van der Waals surface area contributed by atoms with Gasteiger partial charge in [-0.25, -0.2) is 0 Å². The molecular formula is C118H103BN2Si. The van der Waals surface area contributed by atoms with E-state index in [1.807, 2.05) is 0 Å². The van der Waals surface area contributed by atoms with Gasteiger partial charge in [0.15, 0.2) is 8.07 Å². The lowest BCUT2D eigenvalue weighted by Crippen LogP contribution is -2.74. The molecule has 592 valence electrons. The summed E-state index contributed by atoms with van der Waals surface area (Å²) in [6.45, 7) is 28.4. The molecule has 0 saturated heterocycles. The summed E-state index contributed by atoms with van der Waals surface area (Å²) in [4.78, 5) is 5.54. The third-order valence-corrected chi connectivity index (χ3v) is 30.4. The third-order valence-electron chi connectivity index (χ3n) is 25.6. The summed E-state index contributed by atoms with van der Waals surface area (Å²) in [5, 5.41) is 5.38. The van der Waals surface area contributed by atoms with Gasteiger partial charge in [0.2, 0.25) is 0 Å². The van der Waals surface area contributed by atoms with Crippen molar-refractivity contribution in [3.05, 3.63) is 429 Å². The number of hydrogen-bond donors (Lipinski definition) is 0. The molecule has 0 aliphatic carbocycles. The van der Waals surface area contributed by atoms with Crippen LogP contribution in [0.2, 0.25) is 0 Å². The zero-order valence-electron chi connectivity index (χ0n) is 72.2. The van der Waals surface area contributed by atoms with Gasteiger partial charge < -0.3 is 9.80 Å². The lowest BCUT2D eigenvalue weighted by Gasteiger charge is -2.47. The number of rotatable bonds is 15. The molecule has 0 fully saturated rings. The van der Waals surface area contributed by atoms with Crippen molar-refractivity contribution in [3.8, 4) is 100 Å². The fourth-order valence-electron chi connectivity index (χ4n) is 19.0. The minimum Gasteiger partial charge on any atom is -0.310 e. The SMILES string of the molecule is CC(C)(C)c1cc(-c2cccc(-c3ccccc3)c2)c(N2c3ccc(-c4ccc([Si](c5ccccc5)(c5ccccc5)c5ccccc5)cc4)cc3B3c4ccc(C(C)(C)C)cc4N(c4c(-c5cccc(-c6ccccc6)c5)cc(C(C)(C)C)cc4-c4cccc(-c5ccccc5)c4)c4cc(C(C)(C)C)cc2c43)c(-c2cccc(-c3ccccc3)c2)c1. The van der Waals surface area contributed by atoms with Gasteiger partial charge in [-0.05, 0) is 232 Å². The van der Waals surface area contributed by atoms with E-state index in [4.69, 9.17) is 0 Å². The van der Waals surface area contributed by atoms with Crippen LogP contribution in [0, 0.1) is 0 Å². The van der Waals surface area contributed by atoms with E-state index in [2.05, 4.69) is 499 Å². The highest BCUT2D eigenvalue weighted by Gasteiger charge is 2.48. The lowest BCUT2D eigenvalue weighted by molar-refractivity contribution is 0.589. The van der Waals surface area contributed by atoms with Crippen LogP contribution in [-0.4, -0.2) is 14.8 Å². The van der Waals surface area contributed by atoms with Gasteiger partial charge in [-0.3, -0.25) is 0 Å². The average Bonchev–Trinajstić information content (AvgIpc) is 0.685. The normalized spacial score (nSPS) is 12.7. The maximum atomic E-state index is 2.78. The fraction of sp³-hybridized carbons (Fsp3) is 0.136. The van der Waals surface area contributed by atoms with Gasteiger partial charge in [0.25, 0.3) is 6.71 Å². The van der Waals surface area contributed by atoms with Crippen LogP contribution < -0.4 is 46.9 Å². The molecule has 2 nitrogen and oxygen atoms in total. The monoisotopic (exact) mass is 1590 g/mol. The summed E-state index contributed by atoms with van der Waals surface area (Å²) >= 11 is 0. The standard InChI is InChI=1S/C118H103BN2Si/c1-115(2,3)94-63-66-106-109(77-94)121(114-104(92-52-36-48-87(70-92)82-42-24-15-25-43-82)75-96(117(7,8)9)76-105(114)93-53-37-49-88(71-93)83-44-26-16-27-45-83)111-79-97(118(10,11)12)78-110-112(111)119(106)107-72-89(84-60-64-101(65-61-84)122(98-54-28-17-29-55-98,99-56-30-18-31-57-99)100-58-32-19-33-59-100)62-67-108(107)120(110)113-102(90-50-34-46-85(68-90)80-38-20-13-21-39-80)73-95(116(4,5)6)74-103(113)91-51-35-47-86(69-91)81-40-22-14-23-41-81/h13-79H,1-12H3. The Kier molecular flexibility index (Phi) is 20.1. The molecule has 0 unspecified atom stereocenters. The molecule has 4 heteroatoms. The molecular weight excluding hydrogens is 1480 g/mol. The molecule has 0 aromatic heterocycles. The van der Waals surface area contributed by atoms with Crippen molar-refractivity contribution in [2.75, 3.05) is 9.80 Å². The molecule has 0 spiro atoms. The molecule has 0 amide bonds. The number of hydrogen-bond acceptors (Lipinski definition) is 2. The quantitative estimate of drug-likeness (QED) is 0.0746. The molecule has 122 heavy (non-hydrogen) atoms. The van der Waals surface area contributed by atoms with E-state index >= 15 is 0 Å². The maximum absolute atomic E-state index is 2.90. The Morgan fingerprint density at radius 1 is 0.189 bits per heavy atom. The molecule has 19 rings (SSSR count). The van der Waals surface area contributed by atoms with E-state index in [1.165, 1.54) is 98.5 Å². The minimum absolute atomic E-state index is 0.237. The van der Waals surface area contributed by atoms with Crippen LogP contribution in [0.1, 0.15) is 105 Å². The van der Waals surface area contributed by atoms with Gasteiger partial charge in [0, 0.05) is 45.0 Å². The van der Waals surface area contributed by atoms with Crippen LogP contribution in [0.5, 0.6) is 0 Å². The van der Waals surface area contributed by atoms with Gasteiger partial charge >= 0.3 is 0 Å². The highest BCUT2D eigenvalue weighted by molar-refractivity contribution is 7.20. The van der Waals surface area contributed by atoms with E-state index < -0.39 is 8.07 Å². The second-order valence-electron chi connectivity index (χ2n) is 37.6. The molecule has 0 atom stereocenters. The van der Waals surface area contributed by atoms with Crippen molar-refractivity contribution in [2.24, 2.45) is 0 Å². The smallest absolute Gasteiger partial charge is 0.252 e. The van der Waals surface area contributed by atoms with Crippen molar-refractivity contribution in [2.45, 2.75) is 105 Å². The van der Waals surface area contributed by atoms with E-state index in [1.54, 1.807) is 0 Å². The lowest BCUT2D eigenvalue weighted by atomic mass is 9.33. The predicted octanol–water partition coefficient (Wildman–Crippen LogP) is 27.3. The minimum atomic E-state index is -2.90. The molecule has 2 heterocycles. The van der Waals surface area contributed by atoms with Crippen molar-refractivity contribution in [1.29, 1.82) is 0 Å². The summed E-state index contributed by atoms with van der Waals surface area (Å²) in [5.74, 6) is 0. The maximum Gasteiger partial charge on any atom is 0.252 e. The number of anilines is 6. The topological polar surface area (TPSA) is 6.48 Å². The molecule has 17 aromatic carbocycles. The van der Waals surface area contributed by atoms with E-state index in [0.29, 0.717) is 0 Å². The van der Waals surface area contributed by atoms with Crippen molar-refractivity contribution < 1.29 is 0 Å². The molecule has 17 aromatic rings. The molecule has 0 N–H and O–H groups in total. The zero-order valence-corrected chi connectivity index (χ0v) is 73.2. The van der Waals surface area contributed by atoms with Gasteiger partial charge in [-0.1, -0.05) is 417 Å². The van der Waals surface area contributed by atoms with Crippen molar-refractivity contribution in [3.63, 3.8) is 0 Å². The summed E-state index contributed by atoms with van der Waals surface area (Å²) < 4.78 is 0. The molecule has 0 bridgehead atoms. The van der Waals surface area contributed by atoms with Crippen LogP contribution in [0.15, 0.2) is 406 Å². The summed E-state index contributed by atoms with van der Waals surface area (Å²) in [6.07, 6.45) is 0. The van der Waals surface area contributed by atoms with E-state index in [9.17, 15) is 0 Å². The van der Waals surface area contributed by atoms with Gasteiger partial charge in [0.05, 0.1) is 11.4 Å². The molecule has 0 saturated carbocycles. The predicted molar refractivity (Wildman–Crippen MR) is 528 cm³/mol. The van der Waals surface area contributed by atoms with Crippen molar-refractivity contribution >= 4 is 86.0 Å². The highest BCUT2D eigenvalue weighted by Crippen LogP contribution is 2.56. The summed E-state index contributed by atoms with van der Waals surface area (Å²) in [6, 6.07) is 156. The van der Waals surface area contributed by atoms with Gasteiger partial charge in [-0.15, -0.1) is 0 Å². The Bertz CT molecular complexity index is 6450. The molecule has 2 aliphatic heterocycles. The first-order chi connectivity index (χ1) is 59.0. The van der Waals surface area contributed by atoms with Crippen LogP contribution in [-0.2, 0) is 21.7 Å². The Morgan fingerprint density at radius 2 is 0.451 bits per heavy atom. The Labute approximate surface area is 724 Å². The Hall–Kier alpha value is -13.4.